The molecule has 152 valence electrons. The van der Waals surface area contributed by atoms with Gasteiger partial charge in [-0.1, -0.05) is 78.9 Å². The molecule has 3 nitrogen and oxygen atoms in total. The van der Waals surface area contributed by atoms with E-state index in [1.165, 1.54) is 25.9 Å². The summed E-state index contributed by atoms with van der Waals surface area (Å²) in [5, 5.41) is 2.53. The van der Waals surface area contributed by atoms with Crippen molar-refractivity contribution in [2.24, 2.45) is 0 Å². The van der Waals surface area contributed by atoms with Crippen LogP contribution in [-0.2, 0) is 0 Å². The number of hydrogen-bond acceptors (Lipinski definition) is 4. The maximum atomic E-state index is 6.34. The number of hydrogen-bond donors (Lipinski definition) is 0. The lowest BCUT2D eigenvalue weighted by molar-refractivity contribution is 1.07. The lowest BCUT2D eigenvalue weighted by Crippen LogP contribution is -1.97. The standard InChI is InChI=1S/C27H16ClN3S/c28-27-30-25(18-10-5-2-6-11-18)29-26(31-27)20-12-7-13-23-24(20)21-16-19(14-15-22(21)32-23)17-8-3-1-4-9-17/h1-16H. The predicted molar refractivity (Wildman–Crippen MR) is 134 cm³/mol. The second kappa shape index (κ2) is 7.83. The fraction of sp³-hybridized carbons (Fsp3) is 0. The van der Waals surface area contributed by atoms with Crippen LogP contribution in [0.1, 0.15) is 0 Å². The summed E-state index contributed by atoms with van der Waals surface area (Å²) in [4.78, 5) is 13.6. The van der Waals surface area contributed by atoms with Crippen molar-refractivity contribution in [1.29, 1.82) is 0 Å². The highest BCUT2D eigenvalue weighted by molar-refractivity contribution is 7.25. The smallest absolute Gasteiger partial charge is 0.208 e. The Morgan fingerprint density at radius 2 is 1.28 bits per heavy atom. The Balaban J connectivity index is 1.59. The molecule has 6 rings (SSSR count). The molecular weight excluding hydrogens is 434 g/mol. The van der Waals surface area contributed by atoms with Crippen molar-refractivity contribution in [3.05, 3.63) is 102 Å². The number of rotatable bonds is 3. The second-order valence-electron chi connectivity index (χ2n) is 7.48. The average Bonchev–Trinajstić information content (AvgIpc) is 3.23. The van der Waals surface area contributed by atoms with Gasteiger partial charge in [0, 0.05) is 31.3 Å². The summed E-state index contributed by atoms with van der Waals surface area (Å²) in [6, 6.07) is 33.2. The minimum absolute atomic E-state index is 0.190. The van der Waals surface area contributed by atoms with E-state index in [1.54, 1.807) is 11.3 Å². The third-order valence-corrected chi connectivity index (χ3v) is 6.79. The topological polar surface area (TPSA) is 38.7 Å². The summed E-state index contributed by atoms with van der Waals surface area (Å²) in [5.74, 6) is 1.15. The van der Waals surface area contributed by atoms with Gasteiger partial charge in [-0.15, -0.1) is 11.3 Å². The summed E-state index contributed by atoms with van der Waals surface area (Å²) in [7, 11) is 0. The van der Waals surface area contributed by atoms with E-state index in [1.807, 2.05) is 42.5 Å². The molecule has 0 aliphatic heterocycles. The molecule has 0 saturated carbocycles. The molecule has 0 bridgehead atoms. The number of fused-ring (bicyclic) bond motifs is 3. The largest absolute Gasteiger partial charge is 0.226 e. The first kappa shape index (κ1) is 19.1. The van der Waals surface area contributed by atoms with Crippen LogP contribution in [0.5, 0.6) is 0 Å². The maximum absolute atomic E-state index is 6.34. The first-order valence-electron chi connectivity index (χ1n) is 10.2. The van der Waals surface area contributed by atoms with Gasteiger partial charge in [0.05, 0.1) is 0 Å². The molecule has 0 fully saturated rings. The Morgan fingerprint density at radius 1 is 0.562 bits per heavy atom. The summed E-state index contributed by atoms with van der Waals surface area (Å²) in [6.45, 7) is 0. The molecule has 0 aliphatic carbocycles. The zero-order chi connectivity index (χ0) is 21.5. The normalized spacial score (nSPS) is 11.3. The summed E-state index contributed by atoms with van der Waals surface area (Å²) in [5.41, 5.74) is 4.25. The van der Waals surface area contributed by atoms with Crippen molar-refractivity contribution in [3.8, 4) is 33.9 Å². The van der Waals surface area contributed by atoms with E-state index in [0.29, 0.717) is 11.6 Å². The molecule has 32 heavy (non-hydrogen) atoms. The molecule has 0 amide bonds. The van der Waals surface area contributed by atoms with Crippen molar-refractivity contribution in [2.45, 2.75) is 0 Å². The van der Waals surface area contributed by atoms with Crippen molar-refractivity contribution < 1.29 is 0 Å². The minimum Gasteiger partial charge on any atom is -0.208 e. The van der Waals surface area contributed by atoms with E-state index in [-0.39, 0.29) is 5.28 Å². The van der Waals surface area contributed by atoms with Gasteiger partial charge in [-0.3, -0.25) is 0 Å². The summed E-state index contributed by atoms with van der Waals surface area (Å²) in [6.07, 6.45) is 0. The lowest BCUT2D eigenvalue weighted by atomic mass is 10.0. The zero-order valence-electron chi connectivity index (χ0n) is 16.9. The first-order chi connectivity index (χ1) is 15.8. The Kier molecular flexibility index (Phi) is 4.67. The second-order valence-corrected chi connectivity index (χ2v) is 8.90. The lowest BCUT2D eigenvalue weighted by Gasteiger charge is -2.07. The Morgan fingerprint density at radius 3 is 2.06 bits per heavy atom. The average molecular weight is 450 g/mol. The van der Waals surface area contributed by atoms with Gasteiger partial charge in [0.15, 0.2) is 11.6 Å². The molecule has 6 aromatic rings. The third kappa shape index (κ3) is 3.34. The fourth-order valence-electron chi connectivity index (χ4n) is 4.01. The number of nitrogens with zero attached hydrogens (tertiary/aromatic N) is 3. The molecule has 0 N–H and O–H groups in total. The molecule has 0 radical (unpaired) electrons. The number of thiophene rings is 1. The van der Waals surface area contributed by atoms with E-state index in [2.05, 4.69) is 64.6 Å². The molecule has 0 unspecified atom stereocenters. The van der Waals surface area contributed by atoms with Crippen LogP contribution >= 0.6 is 22.9 Å². The van der Waals surface area contributed by atoms with Gasteiger partial charge in [0.1, 0.15) is 0 Å². The summed E-state index contributed by atoms with van der Waals surface area (Å²) >= 11 is 8.11. The molecular formula is C27H16ClN3S. The van der Waals surface area contributed by atoms with Crippen LogP contribution in [0.3, 0.4) is 0 Å². The SMILES string of the molecule is Clc1nc(-c2ccccc2)nc(-c2cccc3sc4ccc(-c5ccccc5)cc4c23)n1. The van der Waals surface area contributed by atoms with Crippen molar-refractivity contribution in [3.63, 3.8) is 0 Å². The van der Waals surface area contributed by atoms with Crippen molar-refractivity contribution >= 4 is 43.1 Å². The van der Waals surface area contributed by atoms with E-state index < -0.39 is 0 Å². The molecule has 0 spiro atoms. The Hall–Kier alpha value is -3.60. The highest BCUT2D eigenvalue weighted by Crippen LogP contribution is 2.41. The van der Waals surface area contributed by atoms with E-state index >= 15 is 0 Å². The fourth-order valence-corrected chi connectivity index (χ4v) is 5.28. The van der Waals surface area contributed by atoms with Crippen LogP contribution in [0, 0.1) is 0 Å². The molecule has 0 aliphatic rings. The van der Waals surface area contributed by atoms with Crippen molar-refractivity contribution in [1.82, 2.24) is 15.0 Å². The van der Waals surface area contributed by atoms with Crippen LogP contribution in [0.25, 0.3) is 54.1 Å². The van der Waals surface area contributed by atoms with Crippen molar-refractivity contribution in [2.75, 3.05) is 0 Å². The van der Waals surface area contributed by atoms with Gasteiger partial charge < -0.3 is 0 Å². The third-order valence-electron chi connectivity index (χ3n) is 5.48. The van der Waals surface area contributed by atoms with E-state index in [0.717, 1.165) is 16.5 Å². The van der Waals surface area contributed by atoms with Crippen LogP contribution < -0.4 is 0 Å². The van der Waals surface area contributed by atoms with Gasteiger partial charge in [-0.2, -0.15) is 9.97 Å². The Labute approximate surface area is 194 Å². The highest BCUT2D eigenvalue weighted by Gasteiger charge is 2.16. The molecule has 4 aromatic carbocycles. The van der Waals surface area contributed by atoms with E-state index in [9.17, 15) is 0 Å². The van der Waals surface area contributed by atoms with Gasteiger partial charge in [0.25, 0.3) is 0 Å². The number of benzene rings is 4. The van der Waals surface area contributed by atoms with Crippen LogP contribution in [0.4, 0.5) is 0 Å². The molecule has 2 heterocycles. The van der Waals surface area contributed by atoms with Crippen LogP contribution in [0.15, 0.2) is 97.1 Å². The van der Waals surface area contributed by atoms with Gasteiger partial charge >= 0.3 is 0 Å². The Bertz CT molecular complexity index is 1580. The first-order valence-corrected chi connectivity index (χ1v) is 11.4. The molecule has 0 atom stereocenters. The van der Waals surface area contributed by atoms with Crippen LogP contribution in [-0.4, -0.2) is 15.0 Å². The highest BCUT2D eigenvalue weighted by atomic mass is 35.5. The van der Waals surface area contributed by atoms with Crippen LogP contribution in [0.2, 0.25) is 5.28 Å². The maximum Gasteiger partial charge on any atom is 0.226 e. The minimum atomic E-state index is 0.190. The van der Waals surface area contributed by atoms with Gasteiger partial charge in [-0.05, 0) is 40.9 Å². The van der Waals surface area contributed by atoms with E-state index in [4.69, 9.17) is 16.6 Å². The predicted octanol–water partition coefficient (Wildman–Crippen LogP) is 7.89. The summed E-state index contributed by atoms with van der Waals surface area (Å²) < 4.78 is 2.43. The van der Waals surface area contributed by atoms with Gasteiger partial charge in [0.2, 0.25) is 5.28 Å². The number of aromatic nitrogens is 3. The number of halogens is 1. The molecule has 0 saturated heterocycles. The molecule has 2 aromatic heterocycles. The molecule has 5 heteroatoms. The zero-order valence-corrected chi connectivity index (χ0v) is 18.4. The van der Waals surface area contributed by atoms with Gasteiger partial charge in [-0.25, -0.2) is 4.98 Å². The quantitative estimate of drug-likeness (QED) is 0.275. The monoisotopic (exact) mass is 449 g/mol.